The molecule has 5 rings (SSSR count). The third-order valence-corrected chi connectivity index (χ3v) is 7.33. The maximum absolute atomic E-state index is 15.5. The summed E-state index contributed by atoms with van der Waals surface area (Å²) in [6.45, 7) is 12.7. The molecule has 0 bridgehead atoms. The summed E-state index contributed by atoms with van der Waals surface area (Å²) >= 11 is 0. The molecule has 4 N–H and O–H groups in total. The van der Waals surface area contributed by atoms with E-state index in [9.17, 15) is 14.4 Å². The zero-order chi connectivity index (χ0) is 31.2. The van der Waals surface area contributed by atoms with Gasteiger partial charge in [-0.05, 0) is 55.5 Å². The molecule has 1 atom stereocenters. The third-order valence-electron chi connectivity index (χ3n) is 7.33. The summed E-state index contributed by atoms with van der Waals surface area (Å²) < 4.78 is 20.8. The van der Waals surface area contributed by atoms with Crippen LogP contribution in [-0.2, 0) is 20.9 Å². The highest BCUT2D eigenvalue weighted by Gasteiger charge is 2.30. The van der Waals surface area contributed by atoms with Crippen molar-refractivity contribution < 1.29 is 23.5 Å². The smallest absolute Gasteiger partial charge is 0.330 e. The van der Waals surface area contributed by atoms with Crippen molar-refractivity contribution in [3.8, 4) is 0 Å². The zero-order valence-corrected chi connectivity index (χ0v) is 24.4. The number of pyridine rings is 1. The molecule has 1 aromatic heterocycles. The van der Waals surface area contributed by atoms with E-state index in [4.69, 9.17) is 4.74 Å². The van der Waals surface area contributed by atoms with Crippen LogP contribution in [0.5, 0.6) is 0 Å². The van der Waals surface area contributed by atoms with Gasteiger partial charge in [0.2, 0.25) is 5.91 Å². The van der Waals surface area contributed by atoms with E-state index in [1.165, 1.54) is 6.08 Å². The van der Waals surface area contributed by atoms with Crippen LogP contribution in [0.15, 0.2) is 73.8 Å². The lowest BCUT2D eigenvalue weighted by molar-refractivity contribution is -0.143. The molecule has 0 saturated carbocycles. The van der Waals surface area contributed by atoms with Crippen molar-refractivity contribution in [2.75, 3.05) is 53.6 Å². The predicted molar refractivity (Wildman–Crippen MR) is 168 cm³/mol. The molecule has 0 radical (unpaired) electrons. The molecular formula is C32H34FN7O4. The van der Waals surface area contributed by atoms with Gasteiger partial charge in [0.25, 0.3) is 5.91 Å². The van der Waals surface area contributed by atoms with Crippen LogP contribution in [-0.4, -0.2) is 66.5 Å². The molecule has 11 nitrogen and oxygen atoms in total. The van der Waals surface area contributed by atoms with Gasteiger partial charge < -0.3 is 30.9 Å². The quantitative estimate of drug-likeness (QED) is 0.188. The summed E-state index contributed by atoms with van der Waals surface area (Å²) in [6, 6.07) is 14.5. The Morgan fingerprint density at radius 1 is 1.02 bits per heavy atom. The second kappa shape index (κ2) is 13.4. The van der Waals surface area contributed by atoms with Crippen molar-refractivity contribution in [3.05, 3.63) is 90.8 Å². The number of amides is 2. The van der Waals surface area contributed by atoms with Crippen molar-refractivity contribution >= 4 is 52.2 Å². The van der Waals surface area contributed by atoms with E-state index in [1.807, 2.05) is 31.2 Å². The molecule has 3 aromatic rings. The van der Waals surface area contributed by atoms with Gasteiger partial charge in [0.05, 0.1) is 5.56 Å². The van der Waals surface area contributed by atoms with Gasteiger partial charge in [0, 0.05) is 73.7 Å². The summed E-state index contributed by atoms with van der Waals surface area (Å²) in [6.07, 6.45) is 2.11. The molecule has 1 fully saturated rings. The maximum atomic E-state index is 15.5. The molecule has 2 amide bonds. The minimum Gasteiger partial charge on any atom is -0.458 e. The Kier molecular flexibility index (Phi) is 9.20. The van der Waals surface area contributed by atoms with E-state index in [1.54, 1.807) is 24.3 Å². The Morgan fingerprint density at radius 3 is 2.43 bits per heavy atom. The predicted octanol–water partition coefficient (Wildman–Crippen LogP) is 4.32. The highest BCUT2D eigenvalue weighted by atomic mass is 19.1. The highest BCUT2D eigenvalue weighted by molar-refractivity contribution is 6.04. The number of carbonyl (C=O) groups excluding carboxylic acids is 3. The van der Waals surface area contributed by atoms with Crippen LogP contribution < -0.4 is 26.2 Å². The number of nitrogens with one attached hydrogen (secondary N) is 4. The van der Waals surface area contributed by atoms with Crippen LogP contribution in [0.1, 0.15) is 22.8 Å². The molecule has 228 valence electrons. The molecular weight excluding hydrogens is 565 g/mol. The lowest BCUT2D eigenvalue weighted by Crippen LogP contribution is -2.48. The Bertz CT molecular complexity index is 1590. The maximum Gasteiger partial charge on any atom is 0.330 e. The SMILES string of the molecule is C=CC(=O)Nc1cccc(Nc2nc(Nc3ccc(N4CCN(CC(C)OC(=O)C=C)CC4)cc3)c3c(c2F)CNC3=O)c1. The molecule has 12 heteroatoms. The summed E-state index contributed by atoms with van der Waals surface area (Å²) in [5.74, 6) is -1.66. The topological polar surface area (TPSA) is 128 Å². The molecule has 0 aliphatic carbocycles. The summed E-state index contributed by atoms with van der Waals surface area (Å²) in [5.41, 5.74) is 3.11. The molecule has 3 heterocycles. The second-order valence-electron chi connectivity index (χ2n) is 10.5. The molecule has 2 aliphatic rings. The first-order chi connectivity index (χ1) is 21.2. The minimum atomic E-state index is -0.632. The van der Waals surface area contributed by atoms with Gasteiger partial charge in [0.1, 0.15) is 11.9 Å². The molecule has 0 spiro atoms. The van der Waals surface area contributed by atoms with Crippen molar-refractivity contribution in [2.45, 2.75) is 19.6 Å². The standard InChI is InChI=1S/C32H34FN7O4/c1-4-26(41)35-22-7-6-8-23(17-22)37-31-29(33)25-18-34-32(43)28(25)30(38-31)36-21-9-11-24(12-10-21)40-15-13-39(14-16-40)19-20(3)44-27(42)5-2/h4-12,17,20H,1-2,13-16,18-19H2,3H3,(H,34,43)(H,35,41)(H2,36,37,38). The number of hydrogen-bond acceptors (Lipinski definition) is 9. The Hall–Kier alpha value is -5.23. The number of carbonyl (C=O) groups is 3. The van der Waals surface area contributed by atoms with E-state index in [0.717, 1.165) is 37.9 Å². The number of ether oxygens (including phenoxy) is 1. The van der Waals surface area contributed by atoms with Gasteiger partial charge >= 0.3 is 5.97 Å². The number of rotatable bonds is 11. The van der Waals surface area contributed by atoms with Crippen molar-refractivity contribution in [2.24, 2.45) is 0 Å². The fourth-order valence-corrected chi connectivity index (χ4v) is 5.19. The monoisotopic (exact) mass is 599 g/mol. The molecule has 44 heavy (non-hydrogen) atoms. The van der Waals surface area contributed by atoms with Crippen LogP contribution in [0.2, 0.25) is 0 Å². The Balaban J connectivity index is 1.27. The number of hydrogen-bond donors (Lipinski definition) is 4. The fraction of sp³-hybridized carbons (Fsp3) is 0.250. The third kappa shape index (κ3) is 7.04. The molecule has 2 aromatic carbocycles. The van der Waals surface area contributed by atoms with Gasteiger partial charge in [-0.3, -0.25) is 14.5 Å². The van der Waals surface area contributed by atoms with Gasteiger partial charge in [-0.1, -0.05) is 19.2 Å². The van der Waals surface area contributed by atoms with Crippen LogP contribution in [0.4, 0.5) is 38.8 Å². The highest BCUT2D eigenvalue weighted by Crippen LogP contribution is 2.33. The second-order valence-corrected chi connectivity index (χ2v) is 10.5. The van der Waals surface area contributed by atoms with Crippen molar-refractivity contribution in [3.63, 3.8) is 0 Å². The van der Waals surface area contributed by atoms with E-state index in [-0.39, 0.29) is 41.3 Å². The number of benzene rings is 2. The van der Waals surface area contributed by atoms with Gasteiger partial charge in [-0.2, -0.15) is 0 Å². The molecule has 1 saturated heterocycles. The van der Waals surface area contributed by atoms with Crippen LogP contribution >= 0.6 is 0 Å². The fourth-order valence-electron chi connectivity index (χ4n) is 5.19. The Morgan fingerprint density at radius 2 is 1.73 bits per heavy atom. The molecule has 2 aliphatic heterocycles. The summed E-state index contributed by atoms with van der Waals surface area (Å²) in [4.78, 5) is 44.7. The number of halogens is 1. The first-order valence-electron chi connectivity index (χ1n) is 14.2. The van der Waals surface area contributed by atoms with E-state index in [2.05, 4.69) is 49.2 Å². The zero-order valence-electron chi connectivity index (χ0n) is 24.4. The van der Waals surface area contributed by atoms with Gasteiger partial charge in [-0.25, -0.2) is 14.2 Å². The van der Waals surface area contributed by atoms with Crippen LogP contribution in [0.25, 0.3) is 0 Å². The normalized spacial score (nSPS) is 15.0. The average Bonchev–Trinajstić information content (AvgIpc) is 3.42. The number of esters is 1. The summed E-state index contributed by atoms with van der Waals surface area (Å²) in [5, 5.41) is 11.5. The number of nitrogens with zero attached hydrogens (tertiary/aromatic N) is 3. The van der Waals surface area contributed by atoms with E-state index in [0.29, 0.717) is 23.6 Å². The molecule has 1 unspecified atom stereocenters. The number of aromatic nitrogens is 1. The number of piperazine rings is 1. The lowest BCUT2D eigenvalue weighted by Gasteiger charge is -2.37. The van der Waals surface area contributed by atoms with Crippen molar-refractivity contribution in [1.82, 2.24) is 15.2 Å². The number of anilines is 6. The average molecular weight is 600 g/mol. The van der Waals surface area contributed by atoms with Gasteiger partial charge in [0.15, 0.2) is 11.6 Å². The first-order valence-corrected chi connectivity index (χ1v) is 14.2. The van der Waals surface area contributed by atoms with Gasteiger partial charge in [-0.15, -0.1) is 0 Å². The van der Waals surface area contributed by atoms with Crippen molar-refractivity contribution in [1.29, 1.82) is 0 Å². The Labute approximate surface area is 254 Å². The van der Waals surface area contributed by atoms with Crippen LogP contribution in [0.3, 0.4) is 0 Å². The van der Waals surface area contributed by atoms with Crippen LogP contribution in [0, 0.1) is 5.82 Å². The minimum absolute atomic E-state index is 0.0433. The lowest BCUT2D eigenvalue weighted by atomic mass is 10.1. The number of fused-ring (bicyclic) bond motifs is 1. The van der Waals surface area contributed by atoms with E-state index < -0.39 is 17.7 Å². The largest absolute Gasteiger partial charge is 0.458 e. The van der Waals surface area contributed by atoms with E-state index >= 15 is 4.39 Å². The summed E-state index contributed by atoms with van der Waals surface area (Å²) in [7, 11) is 0. The first kappa shape index (κ1) is 30.2.